The van der Waals surface area contributed by atoms with Crippen molar-refractivity contribution < 1.29 is 14.0 Å². The fourth-order valence-corrected chi connectivity index (χ4v) is 3.40. The molecule has 2 amide bonds. The van der Waals surface area contributed by atoms with Gasteiger partial charge in [0.25, 0.3) is 0 Å². The lowest BCUT2D eigenvalue weighted by molar-refractivity contribution is -0.116. The van der Waals surface area contributed by atoms with E-state index in [1.165, 1.54) is 0 Å². The number of fused-ring (bicyclic) bond motifs is 2. The largest absolute Gasteiger partial charge is 0.451 e. The molecule has 1 N–H and O–H groups in total. The lowest BCUT2D eigenvalue weighted by Crippen LogP contribution is -2.34. The summed E-state index contributed by atoms with van der Waals surface area (Å²) in [6.07, 6.45) is 6.94. The first-order chi connectivity index (χ1) is 13.4. The molecule has 1 atom stereocenters. The van der Waals surface area contributed by atoms with Crippen LogP contribution in [0.15, 0.2) is 80.1 Å². The molecule has 2 aromatic rings. The zero-order chi connectivity index (χ0) is 19.8. The summed E-state index contributed by atoms with van der Waals surface area (Å²) >= 11 is 0. The van der Waals surface area contributed by atoms with Crippen molar-refractivity contribution in [3.63, 3.8) is 0 Å². The van der Waals surface area contributed by atoms with Crippen LogP contribution >= 0.6 is 0 Å². The van der Waals surface area contributed by atoms with Crippen molar-refractivity contribution in [2.24, 2.45) is 16.8 Å². The molecule has 28 heavy (non-hydrogen) atoms. The third kappa shape index (κ3) is 3.24. The van der Waals surface area contributed by atoms with E-state index in [2.05, 4.69) is 10.3 Å². The molecule has 1 aliphatic carbocycles. The van der Waals surface area contributed by atoms with E-state index in [0.717, 1.165) is 11.6 Å². The van der Waals surface area contributed by atoms with Gasteiger partial charge >= 0.3 is 5.91 Å². The van der Waals surface area contributed by atoms with Gasteiger partial charge in [0.15, 0.2) is 11.2 Å². The molecular weight excluding hydrogens is 356 g/mol. The Hall–Kier alpha value is -3.54. The van der Waals surface area contributed by atoms with Crippen LogP contribution in [-0.4, -0.2) is 17.5 Å². The maximum absolute atomic E-state index is 12.5. The molecule has 0 radical (unpaired) electrons. The summed E-state index contributed by atoms with van der Waals surface area (Å²) in [5.41, 5.74) is 2.12. The van der Waals surface area contributed by atoms with E-state index >= 15 is 0 Å². The molecule has 0 bridgehead atoms. The minimum absolute atomic E-state index is 0.0367. The van der Waals surface area contributed by atoms with Gasteiger partial charge in [0.2, 0.25) is 5.91 Å². The number of hydrogen-bond donors (Lipinski definition) is 1. The van der Waals surface area contributed by atoms with Gasteiger partial charge in [-0.1, -0.05) is 32.1 Å². The number of carbonyl (C=O) groups excluding carboxylic acids is 2. The number of allylic oxidation sites excluding steroid dienone is 3. The monoisotopic (exact) mass is 374 g/mol. The van der Waals surface area contributed by atoms with Crippen molar-refractivity contribution >= 4 is 28.5 Å². The Kier molecular flexibility index (Phi) is 4.39. The fourth-order valence-electron chi connectivity index (χ4n) is 3.40. The predicted molar refractivity (Wildman–Crippen MR) is 106 cm³/mol. The van der Waals surface area contributed by atoms with Gasteiger partial charge in [0.1, 0.15) is 5.58 Å². The highest BCUT2D eigenvalue weighted by Crippen LogP contribution is 2.31. The molecule has 1 aliphatic heterocycles. The van der Waals surface area contributed by atoms with E-state index in [1.54, 1.807) is 42.5 Å². The molecule has 6 heteroatoms. The average molecular weight is 374 g/mol. The summed E-state index contributed by atoms with van der Waals surface area (Å²) in [4.78, 5) is 40.7. The van der Waals surface area contributed by atoms with E-state index in [4.69, 9.17) is 4.42 Å². The minimum Gasteiger partial charge on any atom is -0.451 e. The lowest BCUT2D eigenvalue weighted by Gasteiger charge is -2.29. The van der Waals surface area contributed by atoms with Crippen molar-refractivity contribution in [3.05, 3.63) is 81.9 Å². The van der Waals surface area contributed by atoms with Gasteiger partial charge in [-0.2, -0.15) is 0 Å². The van der Waals surface area contributed by atoms with E-state index in [9.17, 15) is 14.4 Å². The normalized spacial score (nSPS) is 20.0. The molecular formula is C22H18N2O4. The van der Waals surface area contributed by atoms with Crippen molar-refractivity contribution in [1.82, 2.24) is 5.32 Å². The molecule has 2 aliphatic rings. The molecule has 0 saturated heterocycles. The standard InChI is InChI=1S/C22H18N2O4/c1-12(2)16-10-21(26)24-17-9-13(7-8-14(16)17)23-22(27)20-11-18(25)15-5-3-4-6-19(15)28-20/h3-12,14H,1-2H3,(H,24,26). The summed E-state index contributed by atoms with van der Waals surface area (Å²) in [6.45, 7) is 4.07. The molecule has 6 nitrogen and oxygen atoms in total. The first-order valence-electron chi connectivity index (χ1n) is 9.00. The predicted octanol–water partition coefficient (Wildman–Crippen LogP) is 3.16. The first-order valence-corrected chi connectivity index (χ1v) is 9.00. The number of aliphatic imine (C=N–C) groups is 1. The lowest BCUT2D eigenvalue weighted by atomic mass is 9.82. The zero-order valence-electron chi connectivity index (χ0n) is 15.4. The van der Waals surface area contributed by atoms with Crippen LogP contribution in [0.25, 0.3) is 11.0 Å². The molecule has 0 spiro atoms. The highest BCUT2D eigenvalue weighted by atomic mass is 16.3. The third-order valence-corrected chi connectivity index (χ3v) is 4.77. The second kappa shape index (κ2) is 6.88. The highest BCUT2D eigenvalue weighted by molar-refractivity contribution is 6.13. The van der Waals surface area contributed by atoms with Gasteiger partial charge in [-0.3, -0.25) is 14.4 Å². The molecule has 2 heterocycles. The topological polar surface area (TPSA) is 88.7 Å². The van der Waals surface area contributed by atoms with Crippen molar-refractivity contribution in [3.8, 4) is 0 Å². The Labute approximate surface area is 161 Å². The first kappa shape index (κ1) is 17.9. The summed E-state index contributed by atoms with van der Waals surface area (Å²) in [7, 11) is 0. The van der Waals surface area contributed by atoms with Crippen molar-refractivity contribution in [1.29, 1.82) is 0 Å². The smallest absolute Gasteiger partial charge is 0.313 e. The molecule has 1 aromatic heterocycles. The Balaban J connectivity index is 1.67. The van der Waals surface area contributed by atoms with Gasteiger partial charge in [-0.15, -0.1) is 0 Å². The maximum Gasteiger partial charge on any atom is 0.313 e. The Morgan fingerprint density at radius 3 is 2.75 bits per heavy atom. The Morgan fingerprint density at radius 1 is 1.18 bits per heavy atom. The Bertz CT molecular complexity index is 1180. The average Bonchev–Trinajstić information content (AvgIpc) is 2.67. The number of nitrogens with one attached hydrogen (secondary N) is 1. The van der Waals surface area contributed by atoms with Gasteiger partial charge < -0.3 is 9.73 Å². The fraction of sp³-hybridized carbons (Fsp3) is 0.182. The number of para-hydroxylation sites is 1. The van der Waals surface area contributed by atoms with Crippen LogP contribution < -0.4 is 10.7 Å². The molecule has 1 unspecified atom stereocenters. The quantitative estimate of drug-likeness (QED) is 0.874. The third-order valence-electron chi connectivity index (χ3n) is 4.77. The molecule has 0 saturated carbocycles. The highest BCUT2D eigenvalue weighted by Gasteiger charge is 2.28. The number of amides is 2. The van der Waals surface area contributed by atoms with Crippen LogP contribution in [0.4, 0.5) is 0 Å². The number of nitrogens with zero attached hydrogens (tertiary/aromatic N) is 1. The Morgan fingerprint density at radius 2 is 1.96 bits per heavy atom. The minimum atomic E-state index is -0.653. The summed E-state index contributed by atoms with van der Waals surface area (Å²) in [5.74, 6) is -0.783. The summed E-state index contributed by atoms with van der Waals surface area (Å²) < 4.78 is 5.54. The van der Waals surface area contributed by atoms with Crippen molar-refractivity contribution in [2.45, 2.75) is 13.8 Å². The summed E-state index contributed by atoms with van der Waals surface area (Å²) in [6, 6.07) is 7.88. The van der Waals surface area contributed by atoms with E-state index in [-0.39, 0.29) is 28.9 Å². The second-order valence-corrected chi connectivity index (χ2v) is 7.04. The van der Waals surface area contributed by atoms with Gasteiger partial charge in [-0.25, -0.2) is 4.99 Å². The van der Waals surface area contributed by atoms with Gasteiger partial charge in [-0.05, 0) is 35.8 Å². The van der Waals surface area contributed by atoms with Gasteiger partial charge in [0.05, 0.1) is 11.1 Å². The molecule has 1 aromatic carbocycles. The van der Waals surface area contributed by atoms with Crippen LogP contribution in [0.2, 0.25) is 0 Å². The number of rotatable bonds is 2. The summed E-state index contributed by atoms with van der Waals surface area (Å²) in [5, 5.41) is 3.22. The van der Waals surface area contributed by atoms with E-state index in [1.807, 2.05) is 19.9 Å². The number of carbonyl (C=O) groups is 2. The maximum atomic E-state index is 12.5. The molecule has 4 rings (SSSR count). The van der Waals surface area contributed by atoms with Crippen LogP contribution in [0.5, 0.6) is 0 Å². The van der Waals surface area contributed by atoms with Gasteiger partial charge in [0, 0.05) is 23.8 Å². The van der Waals surface area contributed by atoms with Crippen LogP contribution in [-0.2, 0) is 4.79 Å². The van der Waals surface area contributed by atoms with Crippen LogP contribution in [0.1, 0.15) is 24.4 Å². The molecule has 0 fully saturated rings. The molecule has 140 valence electrons. The van der Waals surface area contributed by atoms with E-state index in [0.29, 0.717) is 22.4 Å². The number of benzene rings is 1. The zero-order valence-corrected chi connectivity index (χ0v) is 15.4. The second-order valence-electron chi connectivity index (χ2n) is 7.04. The van der Waals surface area contributed by atoms with Crippen molar-refractivity contribution in [2.75, 3.05) is 0 Å². The van der Waals surface area contributed by atoms with E-state index < -0.39 is 5.91 Å². The van der Waals surface area contributed by atoms with Crippen LogP contribution in [0, 0.1) is 11.8 Å². The SMILES string of the molecule is CC(C)C1=CC(=O)NC2=CC(=NC(=O)c3cc(=O)c4ccccc4o3)C=CC21. The van der Waals surface area contributed by atoms with Crippen LogP contribution in [0.3, 0.4) is 0 Å². The number of hydrogen-bond acceptors (Lipinski definition) is 4.